The van der Waals surface area contributed by atoms with Crippen molar-refractivity contribution in [2.75, 3.05) is 6.54 Å². The minimum atomic E-state index is -4.34. The molecule has 0 bridgehead atoms. The van der Waals surface area contributed by atoms with Crippen LogP contribution >= 0.6 is 0 Å². The summed E-state index contributed by atoms with van der Waals surface area (Å²) >= 11 is 0. The highest BCUT2D eigenvalue weighted by molar-refractivity contribution is 5.53. The lowest BCUT2D eigenvalue weighted by molar-refractivity contribution is -0.137. The van der Waals surface area contributed by atoms with Gasteiger partial charge in [0.2, 0.25) is 0 Å². The minimum absolute atomic E-state index is 0.0680. The summed E-state index contributed by atoms with van der Waals surface area (Å²) in [5, 5.41) is 0. The smallest absolute Gasteiger partial charge is 0.330 e. The standard InChI is InChI=1S/C10H11F3N2/c11-10(12,13)9-4-6-15-7-8(9)3-1-2-5-14/h1,3-4,6-7H,2,5,14H2. The zero-order valence-electron chi connectivity index (χ0n) is 7.96. The quantitative estimate of drug-likeness (QED) is 0.842. The maximum absolute atomic E-state index is 12.5. The van der Waals surface area contributed by atoms with E-state index >= 15 is 0 Å². The highest BCUT2D eigenvalue weighted by atomic mass is 19.4. The fourth-order valence-corrected chi connectivity index (χ4v) is 1.10. The Balaban J connectivity index is 2.97. The maximum atomic E-state index is 12.5. The van der Waals surface area contributed by atoms with Gasteiger partial charge in [0.1, 0.15) is 0 Å². The highest BCUT2D eigenvalue weighted by Gasteiger charge is 2.32. The summed E-state index contributed by atoms with van der Waals surface area (Å²) < 4.78 is 37.4. The summed E-state index contributed by atoms with van der Waals surface area (Å²) in [7, 11) is 0. The van der Waals surface area contributed by atoms with E-state index in [1.807, 2.05) is 0 Å². The molecule has 0 radical (unpaired) electrons. The van der Waals surface area contributed by atoms with Crippen molar-refractivity contribution in [1.82, 2.24) is 4.98 Å². The van der Waals surface area contributed by atoms with Gasteiger partial charge in [0.15, 0.2) is 0 Å². The van der Waals surface area contributed by atoms with E-state index in [-0.39, 0.29) is 5.56 Å². The molecule has 2 nitrogen and oxygen atoms in total. The number of halogens is 3. The van der Waals surface area contributed by atoms with Crippen LogP contribution in [0, 0.1) is 0 Å². The molecular weight excluding hydrogens is 205 g/mol. The van der Waals surface area contributed by atoms with Crippen LogP contribution in [0.25, 0.3) is 6.08 Å². The lowest BCUT2D eigenvalue weighted by Crippen LogP contribution is -2.07. The molecule has 2 N–H and O–H groups in total. The minimum Gasteiger partial charge on any atom is -0.330 e. The second-order valence-corrected chi connectivity index (χ2v) is 2.94. The number of hydrogen-bond donors (Lipinski definition) is 1. The Labute approximate surface area is 85.6 Å². The normalized spacial score (nSPS) is 12.3. The van der Waals surface area contributed by atoms with Crippen molar-refractivity contribution in [2.45, 2.75) is 12.6 Å². The van der Waals surface area contributed by atoms with Gasteiger partial charge >= 0.3 is 6.18 Å². The van der Waals surface area contributed by atoms with Crippen LogP contribution in [0.2, 0.25) is 0 Å². The number of hydrogen-bond acceptors (Lipinski definition) is 2. The number of nitrogens with zero attached hydrogens (tertiary/aromatic N) is 1. The third kappa shape index (κ3) is 3.36. The van der Waals surface area contributed by atoms with Gasteiger partial charge in [-0.2, -0.15) is 13.2 Å². The van der Waals surface area contributed by atoms with Crippen LogP contribution in [-0.4, -0.2) is 11.5 Å². The molecule has 0 saturated heterocycles. The van der Waals surface area contributed by atoms with Crippen LogP contribution in [0.3, 0.4) is 0 Å². The molecule has 15 heavy (non-hydrogen) atoms. The first-order valence-corrected chi connectivity index (χ1v) is 4.43. The first-order valence-electron chi connectivity index (χ1n) is 4.43. The van der Waals surface area contributed by atoms with Crippen LogP contribution in [0.15, 0.2) is 24.5 Å². The summed E-state index contributed by atoms with van der Waals surface area (Å²) in [6, 6.07) is 0.960. The van der Waals surface area contributed by atoms with Gasteiger partial charge < -0.3 is 5.73 Å². The van der Waals surface area contributed by atoms with Gasteiger partial charge in [-0.25, -0.2) is 0 Å². The molecule has 0 unspecified atom stereocenters. The third-order valence-electron chi connectivity index (χ3n) is 1.79. The van der Waals surface area contributed by atoms with Crippen molar-refractivity contribution >= 4 is 6.08 Å². The lowest BCUT2D eigenvalue weighted by atomic mass is 10.1. The number of rotatable bonds is 3. The summed E-state index contributed by atoms with van der Waals surface area (Å²) in [6.07, 6.45) is 1.52. The Hall–Kier alpha value is -1.36. The Bertz CT molecular complexity index is 345. The molecule has 0 aliphatic carbocycles. The fraction of sp³-hybridized carbons (Fsp3) is 0.300. The maximum Gasteiger partial charge on any atom is 0.417 e. The first-order chi connectivity index (χ1) is 7.05. The summed E-state index contributed by atoms with van der Waals surface area (Å²) in [5.41, 5.74) is 4.62. The molecule has 82 valence electrons. The SMILES string of the molecule is NCCC=Cc1cnccc1C(F)(F)F. The second-order valence-electron chi connectivity index (χ2n) is 2.94. The van der Waals surface area contributed by atoms with Crippen LogP contribution in [-0.2, 0) is 6.18 Å². The van der Waals surface area contributed by atoms with E-state index in [1.54, 1.807) is 6.08 Å². The van der Waals surface area contributed by atoms with E-state index in [1.165, 1.54) is 12.3 Å². The van der Waals surface area contributed by atoms with E-state index in [4.69, 9.17) is 5.73 Å². The number of aromatic nitrogens is 1. The molecule has 0 amide bonds. The molecule has 0 aliphatic heterocycles. The Morgan fingerprint density at radius 2 is 2.13 bits per heavy atom. The Kier molecular flexibility index (Phi) is 3.85. The molecule has 0 aliphatic rings. The largest absolute Gasteiger partial charge is 0.417 e. The van der Waals surface area contributed by atoms with Crippen LogP contribution < -0.4 is 5.73 Å². The van der Waals surface area contributed by atoms with Crippen LogP contribution in [0.5, 0.6) is 0 Å². The molecule has 0 saturated carbocycles. The van der Waals surface area contributed by atoms with Gasteiger partial charge in [0.05, 0.1) is 5.56 Å². The topological polar surface area (TPSA) is 38.9 Å². The van der Waals surface area contributed by atoms with Gasteiger partial charge in [-0.15, -0.1) is 0 Å². The summed E-state index contributed by atoms with van der Waals surface area (Å²) in [6.45, 7) is 0.415. The number of alkyl halides is 3. The monoisotopic (exact) mass is 216 g/mol. The molecule has 1 aromatic heterocycles. The average Bonchev–Trinajstić information content (AvgIpc) is 2.17. The molecule has 1 heterocycles. The second kappa shape index (κ2) is 4.93. The average molecular weight is 216 g/mol. The van der Waals surface area contributed by atoms with Gasteiger partial charge in [0.25, 0.3) is 0 Å². The van der Waals surface area contributed by atoms with Crippen LogP contribution in [0.1, 0.15) is 17.5 Å². The molecule has 1 rings (SSSR count). The van der Waals surface area contributed by atoms with Crippen molar-refractivity contribution in [3.8, 4) is 0 Å². The van der Waals surface area contributed by atoms with E-state index in [9.17, 15) is 13.2 Å². The van der Waals surface area contributed by atoms with Gasteiger partial charge in [-0.3, -0.25) is 4.98 Å². The molecule has 5 heteroatoms. The van der Waals surface area contributed by atoms with E-state index in [2.05, 4.69) is 4.98 Å². The van der Waals surface area contributed by atoms with E-state index < -0.39 is 11.7 Å². The lowest BCUT2D eigenvalue weighted by Gasteiger charge is -2.08. The molecule has 0 aromatic carbocycles. The van der Waals surface area contributed by atoms with E-state index in [0.29, 0.717) is 13.0 Å². The van der Waals surface area contributed by atoms with Gasteiger partial charge in [0, 0.05) is 18.0 Å². The van der Waals surface area contributed by atoms with Crippen molar-refractivity contribution < 1.29 is 13.2 Å². The molecule has 0 spiro atoms. The van der Waals surface area contributed by atoms with Crippen LogP contribution in [0.4, 0.5) is 13.2 Å². The zero-order chi connectivity index (χ0) is 11.3. The Morgan fingerprint density at radius 3 is 2.73 bits per heavy atom. The summed E-state index contributed by atoms with van der Waals surface area (Å²) in [4.78, 5) is 3.66. The van der Waals surface area contributed by atoms with Gasteiger partial charge in [-0.1, -0.05) is 12.2 Å². The Morgan fingerprint density at radius 1 is 1.40 bits per heavy atom. The zero-order valence-corrected chi connectivity index (χ0v) is 7.96. The van der Waals surface area contributed by atoms with Crippen molar-refractivity contribution in [3.05, 3.63) is 35.7 Å². The number of pyridine rings is 1. The predicted molar refractivity (Wildman–Crippen MR) is 51.9 cm³/mol. The first kappa shape index (κ1) is 11.7. The molecular formula is C10H11F3N2. The van der Waals surface area contributed by atoms with Crippen molar-refractivity contribution in [2.24, 2.45) is 5.73 Å². The molecule has 0 fully saturated rings. The highest BCUT2D eigenvalue weighted by Crippen LogP contribution is 2.31. The summed E-state index contributed by atoms with van der Waals surface area (Å²) in [5.74, 6) is 0. The molecule has 0 atom stereocenters. The number of nitrogens with two attached hydrogens (primary N) is 1. The van der Waals surface area contributed by atoms with E-state index in [0.717, 1.165) is 12.3 Å². The predicted octanol–water partition coefficient (Wildman–Crippen LogP) is 2.46. The fourth-order valence-electron chi connectivity index (χ4n) is 1.10. The third-order valence-corrected chi connectivity index (χ3v) is 1.79. The van der Waals surface area contributed by atoms with Gasteiger partial charge in [-0.05, 0) is 19.0 Å². The van der Waals surface area contributed by atoms with Crippen molar-refractivity contribution in [1.29, 1.82) is 0 Å². The van der Waals surface area contributed by atoms with Crippen molar-refractivity contribution in [3.63, 3.8) is 0 Å². The molecule has 1 aromatic rings.